The molecule has 0 aromatic heterocycles. The Hall–Kier alpha value is -7.93. The zero-order valence-electron chi connectivity index (χ0n) is 38.4. The fraction of sp³-hybridized carbons (Fsp3) is 0.129. The Bertz CT molecular complexity index is 3250. The molecule has 0 N–H and O–H groups in total. The van der Waals surface area contributed by atoms with E-state index in [1.807, 2.05) is 0 Å². The molecule has 4 unspecified atom stereocenters. The number of fused-ring (bicyclic) bond motifs is 8. The topological polar surface area (TPSA) is 49.9 Å². The molecule has 9 heteroatoms. The molecule has 8 nitrogen and oxygen atoms in total. The average Bonchev–Trinajstić information content (AvgIpc) is 4.31. The third-order valence-corrected chi connectivity index (χ3v) is 18.6. The zero-order chi connectivity index (χ0) is 46.3. The molecule has 346 valence electrons. The van der Waals surface area contributed by atoms with Crippen molar-refractivity contribution in [2.45, 2.75) is 24.2 Å². The summed E-state index contributed by atoms with van der Waals surface area (Å²) >= 11 is -0.899. The van der Waals surface area contributed by atoms with Gasteiger partial charge in [0.05, 0.1) is 0 Å². The molecule has 4 saturated heterocycles. The SMILES string of the molecule is c1ccc(-c2cccc(-c3ccccc3)c2-c2cc3cc(c2)C2COC4=C5OCC6c7cc(-c8c(-c9ccccc9)cccc8-c8ccccc8)cc(c7)C7COC8=C9OCC3N9[C](=[Pt]=[C](N42)N56)N87)cc1. The molecule has 8 aliphatic heterocycles. The Morgan fingerprint density at radius 1 is 0.296 bits per heavy atom. The van der Waals surface area contributed by atoms with E-state index in [0.29, 0.717) is 26.4 Å². The molecular weight excluding hydrogens is 1060 g/mol. The Morgan fingerprint density at radius 3 is 0.831 bits per heavy atom. The van der Waals surface area contributed by atoms with Gasteiger partial charge in [0.15, 0.2) is 0 Å². The summed E-state index contributed by atoms with van der Waals surface area (Å²) in [6.07, 6.45) is 0. The number of hydrogen-bond acceptors (Lipinski definition) is 8. The second-order valence-electron chi connectivity index (χ2n) is 19.3. The standard InChI is InChI=1S/C62H44N4O4.Pt/c1-5-15-39(16-6-1)49-23-13-24-50(40-17-7-2-8-18-40)57(49)47-29-43-27-44(30-47)54-34-68-60-62-66(38-64(54)60)56(36-70-62)46-28-45(55-35-69-61-59-63(37-65(55)61)53(43)33-67-59)31-48(32-46)58-51(41-19-9-3-10-20-41)25-14-26-52(58)42-21-11-4-12-22-42;/h1-32,53-56H,33-36H2;. The molecule has 8 aromatic rings. The summed E-state index contributed by atoms with van der Waals surface area (Å²) < 4.78 is 30.3. The van der Waals surface area contributed by atoms with Crippen LogP contribution in [0, 0.1) is 0 Å². The van der Waals surface area contributed by atoms with Crippen LogP contribution in [0.15, 0.2) is 218 Å². The predicted octanol–water partition coefficient (Wildman–Crippen LogP) is 12.4. The van der Waals surface area contributed by atoms with Crippen LogP contribution in [0.5, 0.6) is 0 Å². The first-order chi connectivity index (χ1) is 35.2. The molecule has 16 rings (SSSR count). The van der Waals surface area contributed by atoms with E-state index in [0.717, 1.165) is 23.5 Å². The number of benzene rings is 8. The van der Waals surface area contributed by atoms with Crippen molar-refractivity contribution in [3.8, 4) is 66.8 Å². The fourth-order valence-corrected chi connectivity index (χ4v) is 16.1. The molecule has 8 aromatic carbocycles. The summed E-state index contributed by atoms with van der Waals surface area (Å²) in [6, 6.07) is 71.1. The van der Waals surface area contributed by atoms with Crippen LogP contribution in [0.4, 0.5) is 0 Å². The molecule has 0 radical (unpaired) electrons. The van der Waals surface area contributed by atoms with Crippen LogP contribution in [0.1, 0.15) is 46.4 Å². The molecule has 8 aliphatic rings. The third-order valence-electron chi connectivity index (χ3n) is 15.4. The molecule has 0 amide bonds. The van der Waals surface area contributed by atoms with E-state index < -0.39 is 17.6 Å². The van der Waals surface area contributed by atoms with Crippen molar-refractivity contribution in [1.29, 1.82) is 0 Å². The van der Waals surface area contributed by atoms with E-state index in [1.54, 1.807) is 0 Å². The van der Waals surface area contributed by atoms with Gasteiger partial charge in [-0.15, -0.1) is 0 Å². The molecular formula is C62H44N4O4Pt. The van der Waals surface area contributed by atoms with E-state index in [1.165, 1.54) is 97.3 Å². The molecule has 71 heavy (non-hydrogen) atoms. The monoisotopic (exact) mass is 1100 g/mol. The van der Waals surface area contributed by atoms with E-state index in [4.69, 9.17) is 18.9 Å². The first-order valence-corrected chi connectivity index (χ1v) is 26.8. The van der Waals surface area contributed by atoms with Gasteiger partial charge in [-0.3, -0.25) is 0 Å². The Morgan fingerprint density at radius 2 is 0.563 bits per heavy atom. The Kier molecular flexibility index (Phi) is 8.58. The van der Waals surface area contributed by atoms with Crippen molar-refractivity contribution in [2.24, 2.45) is 0 Å². The third kappa shape index (κ3) is 5.83. The maximum atomic E-state index is 6.94. The Labute approximate surface area is 419 Å². The van der Waals surface area contributed by atoms with Gasteiger partial charge in [-0.25, -0.2) is 0 Å². The minimum absolute atomic E-state index is 0.0745. The van der Waals surface area contributed by atoms with Gasteiger partial charge >= 0.3 is 422 Å². The summed E-state index contributed by atoms with van der Waals surface area (Å²) in [5.74, 6) is 3.28. The van der Waals surface area contributed by atoms with Crippen LogP contribution < -0.4 is 0 Å². The number of ether oxygens (including phenoxy) is 4. The molecule has 0 saturated carbocycles. The second-order valence-corrected chi connectivity index (χ2v) is 21.9. The van der Waals surface area contributed by atoms with Crippen molar-refractivity contribution >= 4 is 8.29 Å². The molecule has 4 fully saturated rings. The normalized spacial score (nSPS) is 21.5. The van der Waals surface area contributed by atoms with Crippen molar-refractivity contribution in [3.05, 3.63) is 240 Å². The number of nitrogens with zero attached hydrogens (tertiary/aromatic N) is 4. The summed E-state index contributed by atoms with van der Waals surface area (Å²) in [6.45, 7) is 2.08. The van der Waals surface area contributed by atoms with Crippen LogP contribution >= 0.6 is 0 Å². The summed E-state index contributed by atoms with van der Waals surface area (Å²) in [5, 5.41) is 0. The van der Waals surface area contributed by atoms with Gasteiger partial charge in [-0.05, 0) is 0 Å². The summed E-state index contributed by atoms with van der Waals surface area (Å²) in [4.78, 5) is 10.0. The first kappa shape index (κ1) is 39.9. The average molecular weight is 1100 g/mol. The van der Waals surface area contributed by atoms with Crippen LogP contribution in [-0.2, 0) is 36.6 Å². The summed E-state index contributed by atoms with van der Waals surface area (Å²) in [5.41, 5.74) is 19.2. The minimum atomic E-state index is -0.899. The zero-order valence-corrected chi connectivity index (χ0v) is 40.6. The van der Waals surface area contributed by atoms with Gasteiger partial charge in [0.1, 0.15) is 0 Å². The predicted molar refractivity (Wildman–Crippen MR) is 272 cm³/mol. The quantitative estimate of drug-likeness (QED) is 0.163. The van der Waals surface area contributed by atoms with E-state index in [-0.39, 0.29) is 24.2 Å². The van der Waals surface area contributed by atoms with E-state index in [9.17, 15) is 0 Å². The Balaban J connectivity index is 0.921. The van der Waals surface area contributed by atoms with Gasteiger partial charge in [0, 0.05) is 0 Å². The van der Waals surface area contributed by atoms with Crippen LogP contribution in [0.25, 0.3) is 66.8 Å². The maximum absolute atomic E-state index is 6.94. The molecule has 4 atom stereocenters. The second kappa shape index (κ2) is 15.3. The van der Waals surface area contributed by atoms with Gasteiger partial charge in [0.25, 0.3) is 0 Å². The van der Waals surface area contributed by atoms with Crippen molar-refractivity contribution in [1.82, 2.24) is 19.6 Å². The molecule has 0 aliphatic carbocycles. The number of hydrogen-bond donors (Lipinski definition) is 0. The molecule has 6 bridgehead atoms. The van der Waals surface area contributed by atoms with E-state index >= 15 is 0 Å². The fourth-order valence-electron chi connectivity index (χ4n) is 12.2. The molecule has 0 spiro atoms. The van der Waals surface area contributed by atoms with Crippen LogP contribution in [0.3, 0.4) is 0 Å². The van der Waals surface area contributed by atoms with Gasteiger partial charge in [0.2, 0.25) is 0 Å². The van der Waals surface area contributed by atoms with Crippen LogP contribution in [-0.4, -0.2) is 54.3 Å². The molecule has 8 heterocycles. The van der Waals surface area contributed by atoms with Crippen molar-refractivity contribution < 1.29 is 36.6 Å². The van der Waals surface area contributed by atoms with E-state index in [2.05, 4.69) is 214 Å². The van der Waals surface area contributed by atoms with Crippen LogP contribution in [0.2, 0.25) is 0 Å². The van der Waals surface area contributed by atoms with Gasteiger partial charge in [-0.2, -0.15) is 0 Å². The van der Waals surface area contributed by atoms with Gasteiger partial charge < -0.3 is 0 Å². The summed E-state index contributed by atoms with van der Waals surface area (Å²) in [7, 11) is 0. The van der Waals surface area contributed by atoms with Gasteiger partial charge in [-0.1, -0.05) is 0 Å². The van der Waals surface area contributed by atoms with Crippen molar-refractivity contribution in [3.63, 3.8) is 0 Å². The first-order valence-electron chi connectivity index (χ1n) is 24.5. The van der Waals surface area contributed by atoms with Crippen molar-refractivity contribution in [2.75, 3.05) is 26.4 Å². The number of rotatable bonds is 6.